The maximum atomic E-state index is 12.1. The molecule has 128 valence electrons. The van der Waals surface area contributed by atoms with Gasteiger partial charge in [0.2, 0.25) is 0 Å². The molecule has 1 heterocycles. The zero-order valence-corrected chi connectivity index (χ0v) is 14.4. The van der Waals surface area contributed by atoms with Crippen molar-refractivity contribution >= 4 is 6.03 Å². The Morgan fingerprint density at radius 3 is 2.96 bits per heavy atom. The van der Waals surface area contributed by atoms with Crippen LogP contribution in [0, 0.1) is 13.8 Å². The van der Waals surface area contributed by atoms with E-state index in [-0.39, 0.29) is 12.1 Å². The number of rotatable bonds is 6. The molecular formula is C18H28N2O3. The van der Waals surface area contributed by atoms with Gasteiger partial charge in [0.1, 0.15) is 12.4 Å². The van der Waals surface area contributed by atoms with E-state index in [2.05, 4.69) is 11.4 Å². The summed E-state index contributed by atoms with van der Waals surface area (Å²) in [5, 5.41) is 2.93. The Bertz CT molecular complexity index is 513. The van der Waals surface area contributed by atoms with E-state index in [4.69, 9.17) is 9.47 Å². The molecule has 0 spiro atoms. The molecule has 5 nitrogen and oxygen atoms in total. The van der Waals surface area contributed by atoms with Gasteiger partial charge in [-0.3, -0.25) is 0 Å². The van der Waals surface area contributed by atoms with E-state index in [1.54, 1.807) is 11.9 Å². The molecule has 1 aliphatic rings. The van der Waals surface area contributed by atoms with Gasteiger partial charge >= 0.3 is 6.03 Å². The van der Waals surface area contributed by atoms with E-state index in [0.29, 0.717) is 19.7 Å². The molecule has 1 fully saturated rings. The van der Waals surface area contributed by atoms with Crippen molar-refractivity contribution < 1.29 is 14.3 Å². The molecule has 0 saturated carbocycles. The van der Waals surface area contributed by atoms with E-state index in [0.717, 1.165) is 30.8 Å². The number of hydrogen-bond acceptors (Lipinski definition) is 3. The first-order valence-electron chi connectivity index (χ1n) is 8.37. The van der Waals surface area contributed by atoms with E-state index in [9.17, 15) is 4.79 Å². The third-order valence-corrected chi connectivity index (χ3v) is 4.13. The van der Waals surface area contributed by atoms with Crippen molar-refractivity contribution in [2.75, 3.05) is 33.4 Å². The maximum absolute atomic E-state index is 12.1. The predicted molar refractivity (Wildman–Crippen MR) is 91.0 cm³/mol. The van der Waals surface area contributed by atoms with Crippen molar-refractivity contribution in [1.82, 2.24) is 10.2 Å². The molecule has 23 heavy (non-hydrogen) atoms. The normalized spacial score (nSPS) is 17.6. The van der Waals surface area contributed by atoms with Gasteiger partial charge in [-0.25, -0.2) is 4.79 Å². The smallest absolute Gasteiger partial charge is 0.317 e. The highest BCUT2D eigenvalue weighted by atomic mass is 16.5. The van der Waals surface area contributed by atoms with Gasteiger partial charge in [0.15, 0.2) is 0 Å². The number of benzene rings is 1. The minimum Gasteiger partial charge on any atom is -0.491 e. The number of nitrogens with one attached hydrogen (secondary N) is 1. The molecule has 0 unspecified atom stereocenters. The van der Waals surface area contributed by atoms with E-state index in [1.165, 1.54) is 12.0 Å². The molecule has 0 bridgehead atoms. The molecule has 0 radical (unpaired) electrons. The monoisotopic (exact) mass is 320 g/mol. The van der Waals surface area contributed by atoms with Crippen molar-refractivity contribution in [2.45, 2.75) is 39.2 Å². The topological polar surface area (TPSA) is 50.8 Å². The van der Waals surface area contributed by atoms with Crippen molar-refractivity contribution in [3.8, 4) is 5.75 Å². The highest BCUT2D eigenvalue weighted by molar-refractivity contribution is 5.73. The highest BCUT2D eigenvalue weighted by Gasteiger charge is 2.16. The molecule has 1 aromatic rings. The maximum Gasteiger partial charge on any atom is 0.317 e. The van der Waals surface area contributed by atoms with Gasteiger partial charge in [-0.15, -0.1) is 0 Å². The van der Waals surface area contributed by atoms with Crippen LogP contribution in [-0.4, -0.2) is 50.4 Å². The first-order valence-corrected chi connectivity index (χ1v) is 8.37. The minimum absolute atomic E-state index is 0.0799. The Morgan fingerprint density at radius 2 is 2.22 bits per heavy atom. The van der Waals surface area contributed by atoms with Crippen LogP contribution in [0.25, 0.3) is 0 Å². The molecule has 5 heteroatoms. The predicted octanol–water partition coefficient (Wildman–Crippen LogP) is 2.89. The van der Waals surface area contributed by atoms with Crippen LogP contribution in [0.15, 0.2) is 18.2 Å². The second-order valence-electron chi connectivity index (χ2n) is 6.21. The van der Waals surface area contributed by atoms with Gasteiger partial charge in [-0.2, -0.15) is 0 Å². The van der Waals surface area contributed by atoms with Crippen LogP contribution < -0.4 is 10.1 Å². The van der Waals surface area contributed by atoms with Gasteiger partial charge in [0.05, 0.1) is 12.6 Å². The standard InChI is InChI=1S/C18H28N2O3/c1-14-7-8-15(2)17(12-14)23-11-9-20(3)18(21)19-13-16-6-4-5-10-22-16/h7-8,12,16H,4-6,9-11,13H2,1-3H3,(H,19,21)/t16-/m1/s1. The molecule has 2 amide bonds. The second-order valence-corrected chi connectivity index (χ2v) is 6.21. The number of carbonyl (C=O) groups excluding carboxylic acids is 1. The van der Waals surface area contributed by atoms with Crippen LogP contribution in [0.4, 0.5) is 4.79 Å². The summed E-state index contributed by atoms with van der Waals surface area (Å²) < 4.78 is 11.4. The molecule has 1 N–H and O–H groups in total. The summed E-state index contributed by atoms with van der Waals surface area (Å²) >= 11 is 0. The highest BCUT2D eigenvalue weighted by Crippen LogP contribution is 2.18. The molecule has 1 aliphatic heterocycles. The van der Waals surface area contributed by atoms with E-state index in [1.807, 2.05) is 26.0 Å². The number of aryl methyl sites for hydroxylation is 2. The summed E-state index contributed by atoms with van der Waals surface area (Å²) in [6.07, 6.45) is 3.49. The zero-order chi connectivity index (χ0) is 16.7. The van der Waals surface area contributed by atoms with Crippen LogP contribution in [0.1, 0.15) is 30.4 Å². The summed E-state index contributed by atoms with van der Waals surface area (Å²) in [5.41, 5.74) is 2.28. The number of amides is 2. The molecule has 1 aromatic carbocycles. The molecule has 1 saturated heterocycles. The summed E-state index contributed by atoms with van der Waals surface area (Å²) in [7, 11) is 1.78. The van der Waals surface area contributed by atoms with Gasteiger partial charge < -0.3 is 19.7 Å². The van der Waals surface area contributed by atoms with E-state index < -0.39 is 0 Å². The molecular weight excluding hydrogens is 292 g/mol. The van der Waals surface area contributed by atoms with Gasteiger partial charge in [-0.05, 0) is 50.3 Å². The number of carbonyl (C=O) groups is 1. The Morgan fingerprint density at radius 1 is 1.39 bits per heavy atom. The van der Waals surface area contributed by atoms with Crippen molar-refractivity contribution in [1.29, 1.82) is 0 Å². The quantitative estimate of drug-likeness (QED) is 0.877. The fourth-order valence-corrected chi connectivity index (χ4v) is 2.56. The van der Waals surface area contributed by atoms with Crippen molar-refractivity contribution in [2.24, 2.45) is 0 Å². The number of nitrogens with zero attached hydrogens (tertiary/aromatic N) is 1. The molecule has 2 rings (SSSR count). The first-order chi connectivity index (χ1) is 11.1. The van der Waals surface area contributed by atoms with Crippen LogP contribution in [0.3, 0.4) is 0 Å². The number of likely N-dealkylation sites (N-methyl/N-ethyl adjacent to an activating group) is 1. The Hall–Kier alpha value is -1.75. The minimum atomic E-state index is -0.0799. The number of urea groups is 1. The van der Waals surface area contributed by atoms with Crippen molar-refractivity contribution in [3.05, 3.63) is 29.3 Å². The average molecular weight is 320 g/mol. The molecule has 0 aromatic heterocycles. The third-order valence-electron chi connectivity index (χ3n) is 4.13. The third kappa shape index (κ3) is 5.75. The fourth-order valence-electron chi connectivity index (χ4n) is 2.56. The summed E-state index contributed by atoms with van der Waals surface area (Å²) in [4.78, 5) is 13.7. The van der Waals surface area contributed by atoms with Crippen molar-refractivity contribution in [3.63, 3.8) is 0 Å². The fraction of sp³-hybridized carbons (Fsp3) is 0.611. The lowest BCUT2D eigenvalue weighted by atomic mass is 10.1. The van der Waals surface area contributed by atoms with Gasteiger partial charge in [0, 0.05) is 20.2 Å². The largest absolute Gasteiger partial charge is 0.491 e. The summed E-state index contributed by atoms with van der Waals surface area (Å²) in [5.74, 6) is 0.884. The Kier molecular flexibility index (Phi) is 6.71. The summed E-state index contributed by atoms with van der Waals surface area (Å²) in [6, 6.07) is 6.06. The zero-order valence-electron chi connectivity index (χ0n) is 14.4. The van der Waals surface area contributed by atoms with Gasteiger partial charge in [0.25, 0.3) is 0 Å². The number of ether oxygens (including phenoxy) is 2. The lowest BCUT2D eigenvalue weighted by molar-refractivity contribution is 0.0178. The lowest BCUT2D eigenvalue weighted by Crippen LogP contribution is -2.43. The molecule has 0 aliphatic carbocycles. The second kappa shape index (κ2) is 8.77. The van der Waals surface area contributed by atoms with Crippen LogP contribution in [0.2, 0.25) is 0 Å². The van der Waals surface area contributed by atoms with E-state index >= 15 is 0 Å². The van der Waals surface area contributed by atoms with Crippen LogP contribution in [-0.2, 0) is 4.74 Å². The van der Waals surface area contributed by atoms with Crippen LogP contribution in [0.5, 0.6) is 5.75 Å². The lowest BCUT2D eigenvalue weighted by Gasteiger charge is -2.24. The Balaban J connectivity index is 1.68. The SMILES string of the molecule is Cc1ccc(C)c(OCCN(C)C(=O)NC[C@H]2CCCCO2)c1. The van der Waals surface area contributed by atoms with Gasteiger partial charge in [-0.1, -0.05) is 12.1 Å². The molecule has 1 atom stereocenters. The number of hydrogen-bond donors (Lipinski definition) is 1. The average Bonchev–Trinajstić information content (AvgIpc) is 2.56. The van der Waals surface area contributed by atoms with Crippen LogP contribution >= 0.6 is 0 Å². The first kappa shape index (κ1) is 17.6. The Labute approximate surface area is 139 Å². The summed E-state index contributed by atoms with van der Waals surface area (Å²) in [6.45, 7) is 6.48.